The molecule has 1 saturated carbocycles. The summed E-state index contributed by atoms with van der Waals surface area (Å²) >= 11 is 0. The first-order valence-electron chi connectivity index (χ1n) is 5.01. The highest BCUT2D eigenvalue weighted by atomic mass is 16.2. The van der Waals surface area contributed by atoms with Crippen molar-refractivity contribution < 1.29 is 4.79 Å². The van der Waals surface area contributed by atoms with Gasteiger partial charge in [-0.15, -0.1) is 6.42 Å². The molecule has 0 unspecified atom stereocenters. The van der Waals surface area contributed by atoms with E-state index in [0.29, 0.717) is 19.0 Å². The average molecular weight is 194 g/mol. The zero-order chi connectivity index (χ0) is 10.6. The number of rotatable bonds is 5. The number of nitrogens with one attached hydrogen (secondary N) is 2. The van der Waals surface area contributed by atoms with Gasteiger partial charge < -0.3 is 5.32 Å². The maximum Gasteiger partial charge on any atom is 0.234 e. The normalized spacial score (nSPS) is 16.1. The third-order valence-corrected chi connectivity index (χ3v) is 2.57. The fourth-order valence-corrected chi connectivity index (χ4v) is 1.56. The first kappa shape index (κ1) is 11.1. The number of amides is 1. The van der Waals surface area contributed by atoms with Crippen LogP contribution in [0.3, 0.4) is 0 Å². The fourth-order valence-electron chi connectivity index (χ4n) is 1.56. The minimum atomic E-state index is -0.0606. The van der Waals surface area contributed by atoms with E-state index in [1.807, 2.05) is 0 Å². The van der Waals surface area contributed by atoms with Crippen molar-refractivity contribution in [3.05, 3.63) is 0 Å². The van der Waals surface area contributed by atoms with Gasteiger partial charge in [-0.1, -0.05) is 5.92 Å². The van der Waals surface area contributed by atoms with Crippen molar-refractivity contribution in [2.24, 2.45) is 5.92 Å². The molecule has 0 radical (unpaired) electrons. The van der Waals surface area contributed by atoms with Crippen LogP contribution in [0.4, 0.5) is 0 Å². The Bertz CT molecular complexity index is 249. The molecule has 0 saturated heterocycles. The van der Waals surface area contributed by atoms with Gasteiger partial charge in [0, 0.05) is 5.54 Å². The molecule has 1 fully saturated rings. The summed E-state index contributed by atoms with van der Waals surface area (Å²) in [5, 5.41) is 5.88. The van der Waals surface area contributed by atoms with E-state index in [9.17, 15) is 4.79 Å². The quantitative estimate of drug-likeness (QED) is 0.494. The van der Waals surface area contributed by atoms with Gasteiger partial charge in [0.15, 0.2) is 0 Å². The summed E-state index contributed by atoms with van der Waals surface area (Å²) < 4.78 is 0. The molecule has 2 N–H and O–H groups in total. The molecule has 0 heterocycles. The predicted octanol–water partition coefficient (Wildman–Crippen LogP) is 0.514. The molecule has 0 atom stereocenters. The molecule has 0 spiro atoms. The van der Waals surface area contributed by atoms with Crippen molar-refractivity contribution >= 4 is 5.91 Å². The molecule has 0 aliphatic heterocycles. The molecule has 3 nitrogen and oxygen atoms in total. The highest BCUT2D eigenvalue weighted by Gasteiger charge is 2.38. The summed E-state index contributed by atoms with van der Waals surface area (Å²) in [5.41, 5.74) is -0.0606. The Morgan fingerprint density at radius 1 is 1.57 bits per heavy atom. The molecule has 0 aromatic carbocycles. The van der Waals surface area contributed by atoms with Gasteiger partial charge >= 0.3 is 0 Å². The van der Waals surface area contributed by atoms with Crippen molar-refractivity contribution in [3.8, 4) is 12.3 Å². The summed E-state index contributed by atoms with van der Waals surface area (Å²) in [6, 6.07) is 0. The number of hydrogen-bond donors (Lipinski definition) is 2. The second-order valence-electron chi connectivity index (χ2n) is 4.35. The molecule has 0 aromatic heterocycles. The predicted molar refractivity (Wildman–Crippen MR) is 56.6 cm³/mol. The monoisotopic (exact) mass is 194 g/mol. The van der Waals surface area contributed by atoms with Crippen molar-refractivity contribution in [2.45, 2.75) is 32.2 Å². The number of carbonyl (C=O) groups is 1. The Balaban J connectivity index is 2.22. The Morgan fingerprint density at radius 3 is 2.71 bits per heavy atom. The van der Waals surface area contributed by atoms with Gasteiger partial charge in [0.1, 0.15) is 0 Å². The van der Waals surface area contributed by atoms with Crippen LogP contribution >= 0.6 is 0 Å². The lowest BCUT2D eigenvalue weighted by Gasteiger charge is -2.26. The van der Waals surface area contributed by atoms with Gasteiger partial charge in [-0.05, 0) is 32.6 Å². The molecule has 1 rings (SSSR count). The van der Waals surface area contributed by atoms with E-state index in [-0.39, 0.29) is 11.4 Å². The van der Waals surface area contributed by atoms with Crippen LogP contribution in [0.15, 0.2) is 0 Å². The molecule has 0 bridgehead atoms. The van der Waals surface area contributed by atoms with Gasteiger partial charge in [0.25, 0.3) is 0 Å². The third-order valence-electron chi connectivity index (χ3n) is 2.57. The van der Waals surface area contributed by atoms with Crippen molar-refractivity contribution in [2.75, 3.05) is 13.1 Å². The first-order valence-corrected chi connectivity index (χ1v) is 5.01. The second-order valence-corrected chi connectivity index (χ2v) is 4.35. The Hall–Kier alpha value is -1.01. The van der Waals surface area contributed by atoms with Crippen molar-refractivity contribution in [1.29, 1.82) is 0 Å². The standard InChI is InChI=1S/C11H18N2O/c1-4-7-12-8-10(14)13-11(2,3)9-5-6-9/h1,9,12H,5-8H2,2-3H3,(H,13,14). The topological polar surface area (TPSA) is 41.1 Å². The Labute approximate surface area is 85.6 Å². The van der Waals surface area contributed by atoms with Crippen LogP contribution in [0.5, 0.6) is 0 Å². The number of hydrogen-bond acceptors (Lipinski definition) is 2. The number of terminal acetylenes is 1. The maximum atomic E-state index is 11.4. The van der Waals surface area contributed by atoms with Crippen LogP contribution in [-0.2, 0) is 4.79 Å². The summed E-state index contributed by atoms with van der Waals surface area (Å²) in [7, 11) is 0. The molecule has 0 aromatic rings. The summed E-state index contributed by atoms with van der Waals surface area (Å²) in [6.07, 6.45) is 7.51. The highest BCUT2D eigenvalue weighted by molar-refractivity contribution is 5.78. The van der Waals surface area contributed by atoms with E-state index in [1.165, 1.54) is 12.8 Å². The zero-order valence-corrected chi connectivity index (χ0v) is 8.89. The van der Waals surface area contributed by atoms with Crippen LogP contribution < -0.4 is 10.6 Å². The highest BCUT2D eigenvalue weighted by Crippen LogP contribution is 2.38. The van der Waals surface area contributed by atoms with Gasteiger partial charge in [-0.2, -0.15) is 0 Å². The SMILES string of the molecule is C#CCNCC(=O)NC(C)(C)C1CC1. The zero-order valence-electron chi connectivity index (χ0n) is 8.89. The Morgan fingerprint density at radius 2 is 2.21 bits per heavy atom. The van der Waals surface area contributed by atoms with E-state index in [0.717, 1.165) is 0 Å². The molecule has 1 aliphatic rings. The molecule has 3 heteroatoms. The maximum absolute atomic E-state index is 11.4. The molecular formula is C11H18N2O. The Kier molecular flexibility index (Phi) is 3.54. The van der Waals surface area contributed by atoms with Crippen LogP contribution in [-0.4, -0.2) is 24.5 Å². The fraction of sp³-hybridized carbons (Fsp3) is 0.727. The van der Waals surface area contributed by atoms with Gasteiger partial charge in [0.05, 0.1) is 13.1 Å². The van der Waals surface area contributed by atoms with E-state index in [1.54, 1.807) is 0 Å². The van der Waals surface area contributed by atoms with Gasteiger partial charge in [-0.25, -0.2) is 0 Å². The lowest BCUT2D eigenvalue weighted by atomic mass is 9.99. The summed E-state index contributed by atoms with van der Waals surface area (Å²) in [6.45, 7) is 4.89. The van der Waals surface area contributed by atoms with E-state index < -0.39 is 0 Å². The first-order chi connectivity index (χ1) is 6.56. The third kappa shape index (κ3) is 3.39. The second kappa shape index (κ2) is 4.47. The van der Waals surface area contributed by atoms with Crippen LogP contribution in [0.1, 0.15) is 26.7 Å². The van der Waals surface area contributed by atoms with Crippen molar-refractivity contribution in [3.63, 3.8) is 0 Å². The van der Waals surface area contributed by atoms with Gasteiger partial charge in [-0.3, -0.25) is 10.1 Å². The van der Waals surface area contributed by atoms with Crippen molar-refractivity contribution in [1.82, 2.24) is 10.6 Å². The molecule has 1 aliphatic carbocycles. The lowest BCUT2D eigenvalue weighted by Crippen LogP contribution is -2.48. The molecular weight excluding hydrogens is 176 g/mol. The van der Waals surface area contributed by atoms with E-state index in [2.05, 4.69) is 30.4 Å². The number of carbonyl (C=O) groups excluding carboxylic acids is 1. The average Bonchev–Trinajstić information content (AvgIpc) is 2.85. The van der Waals surface area contributed by atoms with E-state index >= 15 is 0 Å². The summed E-state index contributed by atoms with van der Waals surface area (Å²) in [5.74, 6) is 3.11. The summed E-state index contributed by atoms with van der Waals surface area (Å²) in [4.78, 5) is 11.4. The lowest BCUT2D eigenvalue weighted by molar-refractivity contribution is -0.122. The van der Waals surface area contributed by atoms with Crippen LogP contribution in [0.2, 0.25) is 0 Å². The van der Waals surface area contributed by atoms with E-state index in [4.69, 9.17) is 6.42 Å². The molecule has 78 valence electrons. The van der Waals surface area contributed by atoms with Gasteiger partial charge in [0.2, 0.25) is 5.91 Å². The van der Waals surface area contributed by atoms with Crippen LogP contribution in [0, 0.1) is 18.3 Å². The molecule has 1 amide bonds. The minimum absolute atomic E-state index is 0.0251. The largest absolute Gasteiger partial charge is 0.350 e. The smallest absolute Gasteiger partial charge is 0.234 e. The molecule has 14 heavy (non-hydrogen) atoms. The minimum Gasteiger partial charge on any atom is -0.350 e. The van der Waals surface area contributed by atoms with Crippen LogP contribution in [0.25, 0.3) is 0 Å².